The molecule has 0 aliphatic heterocycles. The van der Waals surface area contributed by atoms with Gasteiger partial charge in [-0.25, -0.2) is 0 Å². The van der Waals surface area contributed by atoms with Crippen LogP contribution in [0.5, 0.6) is 0 Å². The van der Waals surface area contributed by atoms with E-state index in [0.717, 1.165) is 36.6 Å². The molecule has 0 N–H and O–H groups in total. The van der Waals surface area contributed by atoms with Crippen molar-refractivity contribution in [3.05, 3.63) is 23.5 Å². The summed E-state index contributed by atoms with van der Waals surface area (Å²) in [5, 5.41) is 0. The topological polar surface area (TPSA) is 42.9 Å². The monoisotopic (exact) mass is 222 g/mol. The van der Waals surface area contributed by atoms with Gasteiger partial charge in [-0.15, -0.1) is 0 Å². The molecule has 1 heterocycles. The van der Waals surface area contributed by atoms with Crippen LogP contribution in [-0.4, -0.2) is 14.5 Å². The van der Waals surface area contributed by atoms with E-state index >= 15 is 0 Å². The molecule has 1 aliphatic rings. The van der Waals surface area contributed by atoms with Crippen LogP contribution in [0.15, 0.2) is 17.8 Å². The molecule has 1 aromatic rings. The lowest BCUT2D eigenvalue weighted by Gasteiger charge is -2.08. The largest absolute Gasteiger partial charge is 0.287 e. The summed E-state index contributed by atoms with van der Waals surface area (Å²) >= 11 is 1.09. The molecule has 2 rings (SSSR count). The van der Waals surface area contributed by atoms with E-state index < -0.39 is 0 Å². The minimum absolute atomic E-state index is 0.0747. The van der Waals surface area contributed by atoms with Gasteiger partial charge in [0.05, 0.1) is 17.9 Å². The number of hydrogen-bond donors (Lipinski definition) is 0. The average molecular weight is 222 g/mol. The van der Waals surface area contributed by atoms with Crippen molar-refractivity contribution in [2.45, 2.75) is 38.5 Å². The van der Waals surface area contributed by atoms with Crippen molar-refractivity contribution in [1.29, 1.82) is 0 Å². The van der Waals surface area contributed by atoms with Crippen LogP contribution in [0.25, 0.3) is 0 Å². The van der Waals surface area contributed by atoms with E-state index in [1.807, 2.05) is 0 Å². The highest BCUT2D eigenvalue weighted by atomic mass is 32.1. The predicted molar refractivity (Wildman–Crippen MR) is 60.0 cm³/mol. The number of Topliss-reactive ketones (excluding diaryl/α,β-unsaturated/α-hetero) is 1. The molecule has 0 spiro atoms. The molecule has 15 heavy (non-hydrogen) atoms. The van der Waals surface area contributed by atoms with Gasteiger partial charge in [0.1, 0.15) is 5.69 Å². The van der Waals surface area contributed by atoms with Crippen molar-refractivity contribution in [1.82, 2.24) is 8.75 Å². The summed E-state index contributed by atoms with van der Waals surface area (Å²) in [7, 11) is 0. The van der Waals surface area contributed by atoms with Crippen molar-refractivity contribution in [3.63, 3.8) is 0 Å². The van der Waals surface area contributed by atoms with Crippen LogP contribution in [0.4, 0.5) is 0 Å². The van der Waals surface area contributed by atoms with Crippen molar-refractivity contribution in [2.24, 2.45) is 0 Å². The third-order valence-electron chi connectivity index (χ3n) is 2.68. The van der Waals surface area contributed by atoms with Gasteiger partial charge in [0.2, 0.25) is 5.78 Å². The van der Waals surface area contributed by atoms with Crippen molar-refractivity contribution >= 4 is 17.5 Å². The minimum Gasteiger partial charge on any atom is -0.287 e. The molecule has 0 unspecified atom stereocenters. The Labute approximate surface area is 93.5 Å². The van der Waals surface area contributed by atoms with Gasteiger partial charge in [0.25, 0.3) is 0 Å². The first-order valence-corrected chi connectivity index (χ1v) is 6.12. The lowest BCUT2D eigenvalue weighted by molar-refractivity contribution is 0.102. The van der Waals surface area contributed by atoms with Gasteiger partial charge in [-0.1, -0.05) is 18.9 Å². The van der Waals surface area contributed by atoms with Crippen molar-refractivity contribution in [3.8, 4) is 0 Å². The first kappa shape index (κ1) is 10.5. The third kappa shape index (κ3) is 2.72. The Morgan fingerprint density at radius 1 is 1.27 bits per heavy atom. The third-order valence-corrected chi connectivity index (χ3v) is 3.15. The molecule has 0 amide bonds. The Balaban J connectivity index is 2.11. The van der Waals surface area contributed by atoms with Crippen molar-refractivity contribution < 1.29 is 4.79 Å². The molecule has 0 fully saturated rings. The van der Waals surface area contributed by atoms with Crippen LogP contribution in [-0.2, 0) is 0 Å². The fraction of sp³-hybridized carbons (Fsp3) is 0.545. The zero-order valence-electron chi connectivity index (χ0n) is 8.61. The van der Waals surface area contributed by atoms with E-state index in [-0.39, 0.29) is 5.78 Å². The Bertz CT molecular complexity index is 357. The summed E-state index contributed by atoms with van der Waals surface area (Å²) in [4.78, 5) is 12.0. The number of nitrogens with zero attached hydrogens (tertiary/aromatic N) is 2. The Kier molecular flexibility index (Phi) is 3.61. The summed E-state index contributed by atoms with van der Waals surface area (Å²) in [6.07, 6.45) is 10.4. The van der Waals surface area contributed by atoms with E-state index in [1.165, 1.54) is 19.3 Å². The van der Waals surface area contributed by atoms with E-state index in [4.69, 9.17) is 0 Å². The quantitative estimate of drug-likeness (QED) is 0.722. The van der Waals surface area contributed by atoms with Crippen molar-refractivity contribution in [2.75, 3.05) is 0 Å². The summed E-state index contributed by atoms with van der Waals surface area (Å²) in [6, 6.07) is 0. The molecule has 0 bridgehead atoms. The lowest BCUT2D eigenvalue weighted by Crippen LogP contribution is -2.05. The molecule has 0 saturated carbocycles. The van der Waals surface area contributed by atoms with Gasteiger partial charge >= 0.3 is 0 Å². The fourth-order valence-electron chi connectivity index (χ4n) is 1.83. The van der Waals surface area contributed by atoms with E-state index in [0.29, 0.717) is 5.69 Å². The van der Waals surface area contributed by atoms with Crippen LogP contribution < -0.4 is 0 Å². The number of rotatable bonds is 2. The predicted octanol–water partition coefficient (Wildman–Crippen LogP) is 3.00. The lowest BCUT2D eigenvalue weighted by atomic mass is 9.96. The average Bonchev–Trinajstić information content (AvgIpc) is 2.68. The number of carbonyl (C=O) groups is 1. The molecule has 0 aromatic carbocycles. The van der Waals surface area contributed by atoms with E-state index in [2.05, 4.69) is 14.8 Å². The number of hydrogen-bond acceptors (Lipinski definition) is 4. The molecule has 1 aliphatic carbocycles. The molecule has 0 radical (unpaired) electrons. The standard InChI is InChI=1S/C11H14N2OS/c14-11(10-8-12-15-13-10)9-6-4-2-1-3-5-7-9/h6,8H,1-5,7H2. The summed E-state index contributed by atoms with van der Waals surface area (Å²) in [5.74, 6) is 0.0747. The first-order chi connectivity index (χ1) is 7.38. The highest BCUT2D eigenvalue weighted by Gasteiger charge is 2.15. The maximum absolute atomic E-state index is 12.0. The van der Waals surface area contributed by atoms with Crippen LogP contribution in [0.3, 0.4) is 0 Å². The van der Waals surface area contributed by atoms with Gasteiger partial charge < -0.3 is 0 Å². The van der Waals surface area contributed by atoms with Crippen LogP contribution in [0.2, 0.25) is 0 Å². The number of aromatic nitrogens is 2. The SMILES string of the molecule is O=C(C1=CCCCCCC1)c1cnsn1. The van der Waals surface area contributed by atoms with Crippen LogP contribution >= 0.6 is 11.7 Å². The van der Waals surface area contributed by atoms with Gasteiger partial charge in [-0.3, -0.25) is 4.79 Å². The molecule has 4 heteroatoms. The second-order valence-electron chi connectivity index (χ2n) is 3.80. The van der Waals surface area contributed by atoms with Crippen LogP contribution in [0, 0.1) is 0 Å². The number of carbonyl (C=O) groups excluding carboxylic acids is 1. The first-order valence-electron chi connectivity index (χ1n) is 5.39. The molecule has 0 atom stereocenters. The zero-order chi connectivity index (χ0) is 10.5. The smallest absolute Gasteiger partial charge is 0.209 e. The van der Waals surface area contributed by atoms with Gasteiger partial charge in [-0.05, 0) is 31.3 Å². The summed E-state index contributed by atoms with van der Waals surface area (Å²) in [6.45, 7) is 0. The highest BCUT2D eigenvalue weighted by Crippen LogP contribution is 2.19. The van der Waals surface area contributed by atoms with E-state index in [1.54, 1.807) is 6.20 Å². The fourth-order valence-corrected chi connectivity index (χ4v) is 2.24. The minimum atomic E-state index is 0.0747. The normalized spacial score (nSPS) is 17.7. The van der Waals surface area contributed by atoms with E-state index in [9.17, 15) is 4.79 Å². The molecular formula is C11H14N2OS. The maximum Gasteiger partial charge on any atom is 0.209 e. The number of ketones is 1. The van der Waals surface area contributed by atoms with Gasteiger partial charge in [0, 0.05) is 0 Å². The molecule has 1 aromatic heterocycles. The second-order valence-corrected chi connectivity index (χ2v) is 4.36. The molecule has 3 nitrogen and oxygen atoms in total. The molecule has 80 valence electrons. The Hall–Kier alpha value is -1.03. The highest BCUT2D eigenvalue weighted by molar-refractivity contribution is 6.99. The van der Waals surface area contributed by atoms with Gasteiger partial charge in [0.15, 0.2) is 0 Å². The zero-order valence-corrected chi connectivity index (χ0v) is 9.42. The summed E-state index contributed by atoms with van der Waals surface area (Å²) in [5.41, 5.74) is 1.44. The maximum atomic E-state index is 12.0. The Morgan fingerprint density at radius 2 is 2.13 bits per heavy atom. The second kappa shape index (κ2) is 5.16. The molecular weight excluding hydrogens is 208 g/mol. The summed E-state index contributed by atoms with van der Waals surface area (Å²) < 4.78 is 7.85. The Morgan fingerprint density at radius 3 is 2.93 bits per heavy atom. The van der Waals surface area contributed by atoms with Gasteiger partial charge in [-0.2, -0.15) is 8.75 Å². The number of allylic oxidation sites excluding steroid dienone is 2. The molecule has 0 saturated heterocycles. The van der Waals surface area contributed by atoms with Crippen LogP contribution in [0.1, 0.15) is 49.0 Å².